The van der Waals surface area contributed by atoms with Crippen molar-refractivity contribution < 1.29 is 19.1 Å². The molecule has 0 unspecified atom stereocenters. The molecule has 7 nitrogen and oxygen atoms in total. The van der Waals surface area contributed by atoms with Crippen molar-refractivity contribution in [3.63, 3.8) is 0 Å². The first-order chi connectivity index (χ1) is 16.9. The Morgan fingerprint density at radius 2 is 1.80 bits per heavy atom. The second kappa shape index (κ2) is 12.2. The Kier molecular flexibility index (Phi) is 8.77. The molecule has 0 aliphatic rings. The van der Waals surface area contributed by atoms with E-state index in [1.54, 1.807) is 55.5 Å². The van der Waals surface area contributed by atoms with Crippen molar-refractivity contribution in [1.82, 2.24) is 0 Å². The molecule has 0 radical (unpaired) electrons. The highest BCUT2D eigenvalue weighted by Crippen LogP contribution is 2.27. The maximum atomic E-state index is 12.7. The molecule has 3 aromatic rings. The van der Waals surface area contributed by atoms with E-state index in [1.165, 1.54) is 18.2 Å². The number of hydrogen-bond acceptors (Lipinski definition) is 6. The SMILES string of the molecule is CCOC(=O)c1ccc(NC(=O)/C(C#N)=C/c2cc(Br)ccc2OCc2ccccc2C#N)cc1. The van der Waals surface area contributed by atoms with Crippen molar-refractivity contribution in [3.8, 4) is 17.9 Å². The van der Waals surface area contributed by atoms with Crippen LogP contribution >= 0.6 is 15.9 Å². The van der Waals surface area contributed by atoms with Crippen LogP contribution in [0, 0.1) is 22.7 Å². The van der Waals surface area contributed by atoms with E-state index in [0.29, 0.717) is 28.1 Å². The monoisotopic (exact) mass is 529 g/mol. The first kappa shape index (κ1) is 25.2. The number of carbonyl (C=O) groups excluding carboxylic acids is 2. The van der Waals surface area contributed by atoms with Gasteiger partial charge in [-0.3, -0.25) is 4.79 Å². The van der Waals surface area contributed by atoms with Gasteiger partial charge in [0.2, 0.25) is 0 Å². The molecular weight excluding hydrogens is 510 g/mol. The Bertz CT molecular complexity index is 1350. The summed E-state index contributed by atoms with van der Waals surface area (Å²) in [5.74, 6) is -0.625. The lowest BCUT2D eigenvalue weighted by Gasteiger charge is -2.11. The van der Waals surface area contributed by atoms with Crippen LogP contribution in [0.15, 0.2) is 76.8 Å². The molecule has 1 N–H and O–H groups in total. The van der Waals surface area contributed by atoms with Gasteiger partial charge in [0, 0.05) is 21.3 Å². The van der Waals surface area contributed by atoms with Crippen molar-refractivity contribution in [2.45, 2.75) is 13.5 Å². The summed E-state index contributed by atoms with van der Waals surface area (Å²) in [5.41, 5.74) is 2.38. The third-order valence-corrected chi connectivity index (χ3v) is 5.30. The summed E-state index contributed by atoms with van der Waals surface area (Å²) in [4.78, 5) is 24.5. The topological polar surface area (TPSA) is 112 Å². The average molecular weight is 530 g/mol. The van der Waals surface area contributed by atoms with Gasteiger partial charge in [0.25, 0.3) is 5.91 Å². The number of hydrogen-bond donors (Lipinski definition) is 1. The van der Waals surface area contributed by atoms with Gasteiger partial charge in [-0.25, -0.2) is 4.79 Å². The van der Waals surface area contributed by atoms with E-state index < -0.39 is 11.9 Å². The van der Waals surface area contributed by atoms with E-state index in [9.17, 15) is 20.1 Å². The predicted molar refractivity (Wildman–Crippen MR) is 134 cm³/mol. The number of nitriles is 2. The fourth-order valence-electron chi connectivity index (χ4n) is 3.08. The lowest BCUT2D eigenvalue weighted by Crippen LogP contribution is -2.14. The van der Waals surface area contributed by atoms with Crippen LogP contribution in [0.2, 0.25) is 0 Å². The van der Waals surface area contributed by atoms with Gasteiger partial charge in [-0.1, -0.05) is 34.1 Å². The van der Waals surface area contributed by atoms with E-state index in [4.69, 9.17) is 9.47 Å². The molecule has 0 atom stereocenters. The van der Waals surface area contributed by atoms with E-state index in [-0.39, 0.29) is 18.8 Å². The van der Waals surface area contributed by atoms with Crippen LogP contribution in [0.1, 0.15) is 34.0 Å². The lowest BCUT2D eigenvalue weighted by molar-refractivity contribution is -0.112. The minimum Gasteiger partial charge on any atom is -0.488 e. The summed E-state index contributed by atoms with van der Waals surface area (Å²) in [6.45, 7) is 2.13. The molecule has 0 aromatic heterocycles. The third-order valence-electron chi connectivity index (χ3n) is 4.81. The average Bonchev–Trinajstić information content (AvgIpc) is 2.87. The minimum absolute atomic E-state index is 0.139. The predicted octanol–water partition coefficient (Wildman–Crippen LogP) is 5.62. The molecule has 8 heteroatoms. The highest BCUT2D eigenvalue weighted by Gasteiger charge is 2.13. The van der Waals surface area contributed by atoms with Crippen molar-refractivity contribution in [3.05, 3.63) is 99.0 Å². The van der Waals surface area contributed by atoms with Gasteiger partial charge in [-0.2, -0.15) is 10.5 Å². The molecule has 35 heavy (non-hydrogen) atoms. The maximum absolute atomic E-state index is 12.7. The molecule has 0 heterocycles. The van der Waals surface area contributed by atoms with E-state index >= 15 is 0 Å². The summed E-state index contributed by atoms with van der Waals surface area (Å²) < 4.78 is 11.6. The van der Waals surface area contributed by atoms with Crippen molar-refractivity contribution in [2.24, 2.45) is 0 Å². The summed E-state index contributed by atoms with van der Waals surface area (Å²) in [6.07, 6.45) is 1.43. The Hall–Kier alpha value is -4.40. The number of halogens is 1. The van der Waals surface area contributed by atoms with E-state index in [2.05, 4.69) is 27.3 Å². The fraction of sp³-hybridized carbons (Fsp3) is 0.111. The smallest absolute Gasteiger partial charge is 0.338 e. The van der Waals surface area contributed by atoms with Gasteiger partial charge in [-0.05, 0) is 61.5 Å². The zero-order chi connectivity index (χ0) is 25.2. The van der Waals surface area contributed by atoms with Crippen molar-refractivity contribution in [1.29, 1.82) is 10.5 Å². The van der Waals surface area contributed by atoms with E-state index in [1.807, 2.05) is 12.1 Å². The van der Waals surface area contributed by atoms with Crippen LogP contribution in [0.4, 0.5) is 5.69 Å². The van der Waals surface area contributed by atoms with Gasteiger partial charge in [-0.15, -0.1) is 0 Å². The number of anilines is 1. The van der Waals surface area contributed by atoms with Gasteiger partial charge >= 0.3 is 5.97 Å². The normalized spacial score (nSPS) is 10.6. The maximum Gasteiger partial charge on any atom is 0.338 e. The molecule has 0 aliphatic carbocycles. The third kappa shape index (κ3) is 6.80. The number of amides is 1. The molecule has 174 valence electrons. The molecule has 0 saturated carbocycles. The standard InChI is InChI=1S/C27H20BrN3O4/c1-2-34-27(33)18-7-10-24(11-8-18)31-26(32)22(16-30)13-21-14-23(28)9-12-25(21)35-17-20-6-4-3-5-19(20)15-29/h3-14H,2,17H2,1H3,(H,31,32)/b22-13+. The number of benzene rings is 3. The van der Waals surface area contributed by atoms with Crippen molar-refractivity contribution in [2.75, 3.05) is 11.9 Å². The second-order valence-electron chi connectivity index (χ2n) is 7.16. The Morgan fingerprint density at radius 3 is 2.49 bits per heavy atom. The minimum atomic E-state index is -0.614. The highest BCUT2D eigenvalue weighted by atomic mass is 79.9. The van der Waals surface area contributed by atoms with Gasteiger partial charge in [0.1, 0.15) is 24.0 Å². The molecule has 3 rings (SSSR count). The summed E-state index contributed by atoms with van der Waals surface area (Å²) in [6, 6.07) is 22.5. The van der Waals surface area contributed by atoms with Crippen LogP contribution in [0.3, 0.4) is 0 Å². The first-order valence-electron chi connectivity index (χ1n) is 10.6. The second-order valence-corrected chi connectivity index (χ2v) is 8.08. The molecule has 3 aromatic carbocycles. The van der Waals surface area contributed by atoms with Crippen LogP contribution < -0.4 is 10.1 Å². The molecule has 0 bridgehead atoms. The summed E-state index contributed by atoms with van der Waals surface area (Å²) in [7, 11) is 0. The number of esters is 1. The summed E-state index contributed by atoms with van der Waals surface area (Å²) >= 11 is 3.40. The molecule has 0 fully saturated rings. The van der Waals surface area contributed by atoms with E-state index in [0.717, 1.165) is 10.0 Å². The highest BCUT2D eigenvalue weighted by molar-refractivity contribution is 9.10. The number of nitrogens with zero attached hydrogens (tertiary/aromatic N) is 2. The largest absolute Gasteiger partial charge is 0.488 e. The molecule has 0 aliphatic heterocycles. The van der Waals surface area contributed by atoms with Crippen molar-refractivity contribution >= 4 is 39.6 Å². The molecule has 1 amide bonds. The zero-order valence-electron chi connectivity index (χ0n) is 18.7. The van der Waals surface area contributed by atoms with Crippen LogP contribution in [-0.4, -0.2) is 18.5 Å². The zero-order valence-corrected chi connectivity index (χ0v) is 20.3. The molecule has 0 spiro atoms. The number of nitrogens with one attached hydrogen (secondary N) is 1. The van der Waals surface area contributed by atoms with Crippen LogP contribution in [0.25, 0.3) is 6.08 Å². The first-order valence-corrected chi connectivity index (χ1v) is 11.3. The van der Waals surface area contributed by atoms with Gasteiger partial charge < -0.3 is 14.8 Å². The molecular formula is C27H20BrN3O4. The Balaban J connectivity index is 1.79. The fourth-order valence-corrected chi connectivity index (χ4v) is 3.46. The van der Waals surface area contributed by atoms with Crippen LogP contribution in [-0.2, 0) is 16.1 Å². The molecule has 0 saturated heterocycles. The quantitative estimate of drug-likeness (QED) is 0.230. The Morgan fingerprint density at radius 1 is 1.06 bits per heavy atom. The van der Waals surface area contributed by atoms with Gasteiger partial charge in [0.05, 0.1) is 23.8 Å². The lowest BCUT2D eigenvalue weighted by atomic mass is 10.1. The van der Waals surface area contributed by atoms with Gasteiger partial charge in [0.15, 0.2) is 0 Å². The Labute approximate surface area is 211 Å². The number of carbonyl (C=O) groups is 2. The number of rotatable bonds is 8. The summed E-state index contributed by atoms with van der Waals surface area (Å²) in [5, 5.41) is 21.5. The van der Waals surface area contributed by atoms with Crippen LogP contribution in [0.5, 0.6) is 5.75 Å². The number of ether oxygens (including phenoxy) is 2.